The third-order valence-electron chi connectivity index (χ3n) is 3.40. The van der Waals surface area contributed by atoms with Crippen molar-refractivity contribution < 1.29 is 4.74 Å². The van der Waals surface area contributed by atoms with E-state index in [1.165, 1.54) is 0 Å². The minimum Gasteiger partial charge on any atom is -0.374 e. The van der Waals surface area contributed by atoms with Gasteiger partial charge < -0.3 is 9.64 Å². The van der Waals surface area contributed by atoms with E-state index in [9.17, 15) is 0 Å². The van der Waals surface area contributed by atoms with Crippen LogP contribution in [0.3, 0.4) is 0 Å². The van der Waals surface area contributed by atoms with Crippen molar-refractivity contribution in [3.8, 4) is 0 Å². The minimum atomic E-state index is 0.405. The third kappa shape index (κ3) is 5.79. The molecular weight excluding hydrogens is 286 g/mol. The van der Waals surface area contributed by atoms with Gasteiger partial charge >= 0.3 is 0 Å². The van der Waals surface area contributed by atoms with Crippen molar-refractivity contribution in [2.75, 3.05) is 18.1 Å². The number of hydrogen-bond acceptors (Lipinski definition) is 4. The Morgan fingerprint density at radius 1 is 1.19 bits per heavy atom. The highest BCUT2D eigenvalue weighted by Crippen LogP contribution is 2.23. The molecule has 21 heavy (non-hydrogen) atoms. The molecule has 120 valence electrons. The molecule has 0 spiro atoms. The van der Waals surface area contributed by atoms with Crippen molar-refractivity contribution in [3.05, 3.63) is 17.0 Å². The Kier molecular flexibility index (Phi) is 7.97. The Morgan fingerprint density at radius 3 is 2.38 bits per heavy atom. The van der Waals surface area contributed by atoms with E-state index in [1.807, 2.05) is 13.0 Å². The summed E-state index contributed by atoms with van der Waals surface area (Å²) in [5.41, 5.74) is 0. The number of aromatic nitrogens is 2. The van der Waals surface area contributed by atoms with E-state index >= 15 is 0 Å². The van der Waals surface area contributed by atoms with Crippen molar-refractivity contribution >= 4 is 17.4 Å². The van der Waals surface area contributed by atoms with Crippen molar-refractivity contribution in [1.29, 1.82) is 0 Å². The Morgan fingerprint density at radius 2 is 1.86 bits per heavy atom. The van der Waals surface area contributed by atoms with Gasteiger partial charge in [-0.2, -0.15) is 0 Å². The fourth-order valence-corrected chi connectivity index (χ4v) is 2.60. The molecule has 1 heterocycles. The number of halogens is 1. The van der Waals surface area contributed by atoms with Gasteiger partial charge in [0, 0.05) is 25.3 Å². The van der Waals surface area contributed by atoms with Gasteiger partial charge in [0.25, 0.3) is 0 Å². The second-order valence-electron chi connectivity index (χ2n) is 5.62. The smallest absolute Gasteiger partial charge is 0.158 e. The second kappa shape index (κ2) is 9.21. The summed E-state index contributed by atoms with van der Waals surface area (Å²) in [6.45, 7) is 12.8. The maximum atomic E-state index is 6.17. The molecule has 0 saturated heterocycles. The summed E-state index contributed by atoms with van der Waals surface area (Å²) in [5, 5.41) is 0.481. The summed E-state index contributed by atoms with van der Waals surface area (Å²) in [5.74, 6) is 2.13. The summed E-state index contributed by atoms with van der Waals surface area (Å²) in [6.07, 6.45) is 2.18. The molecule has 0 aliphatic heterocycles. The number of ether oxygens (including phenoxy) is 1. The highest BCUT2D eigenvalue weighted by molar-refractivity contribution is 6.29. The molecule has 1 aromatic rings. The standard InChI is InChI=1S/C16H28ClN3O/c1-6-13(7-2)20(10-12(4)5)16-9-14(17)18-15(19-16)11-21-8-3/h9,12-13H,6-8,10-11H2,1-5H3. The Bertz CT molecular complexity index is 422. The van der Waals surface area contributed by atoms with E-state index < -0.39 is 0 Å². The summed E-state index contributed by atoms with van der Waals surface area (Å²) in [7, 11) is 0. The van der Waals surface area contributed by atoms with Gasteiger partial charge in [0.2, 0.25) is 0 Å². The van der Waals surface area contributed by atoms with Gasteiger partial charge in [-0.25, -0.2) is 9.97 Å². The van der Waals surface area contributed by atoms with Crippen LogP contribution in [0.15, 0.2) is 6.07 Å². The van der Waals surface area contributed by atoms with Gasteiger partial charge in [-0.05, 0) is 25.7 Å². The predicted octanol–water partition coefficient (Wildman–Crippen LogP) is 4.32. The van der Waals surface area contributed by atoms with Crippen molar-refractivity contribution in [2.24, 2.45) is 5.92 Å². The SMILES string of the molecule is CCOCc1nc(Cl)cc(N(CC(C)C)C(CC)CC)n1. The molecule has 0 aliphatic rings. The van der Waals surface area contributed by atoms with Crippen LogP contribution < -0.4 is 4.90 Å². The molecule has 4 nitrogen and oxygen atoms in total. The molecule has 0 radical (unpaired) electrons. The summed E-state index contributed by atoms with van der Waals surface area (Å²) in [6, 6.07) is 2.33. The van der Waals surface area contributed by atoms with Crippen LogP contribution in [0.2, 0.25) is 5.15 Å². The van der Waals surface area contributed by atoms with Gasteiger partial charge in [-0.3, -0.25) is 0 Å². The van der Waals surface area contributed by atoms with E-state index in [2.05, 4.69) is 42.6 Å². The highest BCUT2D eigenvalue weighted by atomic mass is 35.5. The molecule has 0 amide bonds. The lowest BCUT2D eigenvalue weighted by molar-refractivity contribution is 0.128. The lowest BCUT2D eigenvalue weighted by atomic mass is 10.1. The van der Waals surface area contributed by atoms with Crippen LogP contribution in [-0.4, -0.2) is 29.2 Å². The zero-order valence-electron chi connectivity index (χ0n) is 13.9. The van der Waals surface area contributed by atoms with Crippen LogP contribution in [0.1, 0.15) is 53.3 Å². The summed E-state index contributed by atoms with van der Waals surface area (Å²) in [4.78, 5) is 11.2. The zero-order valence-corrected chi connectivity index (χ0v) is 14.7. The molecule has 0 N–H and O–H groups in total. The molecule has 0 aromatic carbocycles. The molecule has 0 saturated carbocycles. The number of hydrogen-bond donors (Lipinski definition) is 0. The first-order chi connectivity index (χ1) is 10.0. The lowest BCUT2D eigenvalue weighted by Gasteiger charge is -2.33. The van der Waals surface area contributed by atoms with E-state index in [1.54, 1.807) is 0 Å². The molecule has 1 rings (SSSR count). The minimum absolute atomic E-state index is 0.405. The summed E-state index contributed by atoms with van der Waals surface area (Å²) < 4.78 is 5.40. The normalized spacial score (nSPS) is 11.4. The molecular formula is C16H28ClN3O. The van der Waals surface area contributed by atoms with E-state index in [-0.39, 0.29) is 0 Å². The van der Waals surface area contributed by atoms with Crippen LogP contribution in [0, 0.1) is 5.92 Å². The van der Waals surface area contributed by atoms with Gasteiger partial charge in [-0.1, -0.05) is 39.3 Å². The topological polar surface area (TPSA) is 38.2 Å². The van der Waals surface area contributed by atoms with Gasteiger partial charge in [0.15, 0.2) is 5.82 Å². The molecule has 0 aliphatic carbocycles. The highest BCUT2D eigenvalue weighted by Gasteiger charge is 2.19. The lowest BCUT2D eigenvalue weighted by Crippen LogP contribution is -2.38. The van der Waals surface area contributed by atoms with E-state index in [0.29, 0.717) is 36.2 Å². The zero-order chi connectivity index (χ0) is 15.8. The molecule has 0 bridgehead atoms. The molecule has 5 heteroatoms. The summed E-state index contributed by atoms with van der Waals surface area (Å²) >= 11 is 6.17. The molecule has 0 unspecified atom stereocenters. The molecule has 0 atom stereocenters. The third-order valence-corrected chi connectivity index (χ3v) is 3.60. The quantitative estimate of drug-likeness (QED) is 0.636. The van der Waals surface area contributed by atoms with Crippen LogP contribution in [-0.2, 0) is 11.3 Å². The average molecular weight is 314 g/mol. The first-order valence-corrected chi connectivity index (χ1v) is 8.27. The van der Waals surface area contributed by atoms with E-state index in [4.69, 9.17) is 16.3 Å². The van der Waals surface area contributed by atoms with Crippen molar-refractivity contribution in [1.82, 2.24) is 9.97 Å². The molecule has 0 fully saturated rings. The maximum absolute atomic E-state index is 6.17. The number of rotatable bonds is 9. The van der Waals surface area contributed by atoms with E-state index in [0.717, 1.165) is 25.2 Å². The van der Waals surface area contributed by atoms with Gasteiger partial charge in [0.05, 0.1) is 0 Å². The van der Waals surface area contributed by atoms with Crippen LogP contribution in [0.25, 0.3) is 0 Å². The van der Waals surface area contributed by atoms with Crippen LogP contribution >= 0.6 is 11.6 Å². The predicted molar refractivity (Wildman–Crippen MR) is 88.9 cm³/mol. The first kappa shape index (κ1) is 18.2. The van der Waals surface area contributed by atoms with Crippen LogP contribution in [0.4, 0.5) is 5.82 Å². The Hall–Kier alpha value is -0.870. The number of nitrogens with zero attached hydrogens (tertiary/aromatic N) is 3. The molecule has 1 aromatic heterocycles. The average Bonchev–Trinajstić information content (AvgIpc) is 2.44. The Labute approximate surface area is 133 Å². The van der Waals surface area contributed by atoms with Crippen molar-refractivity contribution in [3.63, 3.8) is 0 Å². The monoisotopic (exact) mass is 313 g/mol. The fraction of sp³-hybridized carbons (Fsp3) is 0.750. The fourth-order valence-electron chi connectivity index (χ4n) is 2.41. The Balaban J connectivity index is 3.07. The van der Waals surface area contributed by atoms with Gasteiger partial charge in [-0.15, -0.1) is 0 Å². The van der Waals surface area contributed by atoms with Gasteiger partial charge in [0.1, 0.15) is 17.6 Å². The second-order valence-corrected chi connectivity index (χ2v) is 6.01. The number of anilines is 1. The first-order valence-electron chi connectivity index (χ1n) is 7.89. The van der Waals surface area contributed by atoms with Crippen LogP contribution in [0.5, 0.6) is 0 Å². The maximum Gasteiger partial charge on any atom is 0.158 e. The van der Waals surface area contributed by atoms with Crippen molar-refractivity contribution in [2.45, 2.75) is 60.1 Å². The largest absolute Gasteiger partial charge is 0.374 e.